The van der Waals surface area contributed by atoms with E-state index in [2.05, 4.69) is 172 Å². The largest absolute Gasteiger partial charge is 0.309 e. The van der Waals surface area contributed by atoms with Crippen molar-refractivity contribution in [2.45, 2.75) is 0 Å². The van der Waals surface area contributed by atoms with Crippen LogP contribution < -0.4 is 0 Å². The molecule has 1 aliphatic carbocycles. The van der Waals surface area contributed by atoms with Crippen LogP contribution in [0.1, 0.15) is 0 Å². The van der Waals surface area contributed by atoms with E-state index in [0.29, 0.717) is 0 Å². The summed E-state index contributed by atoms with van der Waals surface area (Å²) in [6.45, 7) is 0. The average molecular weight is 661 g/mol. The highest BCUT2D eigenvalue weighted by Crippen LogP contribution is 2.47. The van der Waals surface area contributed by atoms with Crippen LogP contribution in [0.4, 0.5) is 0 Å². The van der Waals surface area contributed by atoms with Gasteiger partial charge >= 0.3 is 0 Å². The minimum Gasteiger partial charge on any atom is -0.309 e. The van der Waals surface area contributed by atoms with Crippen LogP contribution in [-0.2, 0) is 0 Å². The van der Waals surface area contributed by atoms with Gasteiger partial charge in [0.25, 0.3) is 0 Å². The van der Waals surface area contributed by atoms with Gasteiger partial charge in [0.1, 0.15) is 5.82 Å². The van der Waals surface area contributed by atoms with Gasteiger partial charge in [0, 0.05) is 56.1 Å². The van der Waals surface area contributed by atoms with E-state index in [1.165, 1.54) is 70.8 Å². The Labute approximate surface area is 298 Å². The van der Waals surface area contributed by atoms with Crippen molar-refractivity contribution in [1.29, 1.82) is 0 Å². The van der Waals surface area contributed by atoms with E-state index < -0.39 is 0 Å². The normalized spacial score (nSPS) is 12.2. The third-order valence-corrected chi connectivity index (χ3v) is 11.1. The molecule has 0 aliphatic heterocycles. The van der Waals surface area contributed by atoms with Crippen molar-refractivity contribution < 1.29 is 0 Å². The predicted molar refractivity (Wildman–Crippen MR) is 216 cm³/mol. The summed E-state index contributed by atoms with van der Waals surface area (Å²) in [4.78, 5) is 9.82. The molecule has 0 atom stereocenters. The number of hydrogen-bond acceptors (Lipinski definition) is 2. The summed E-state index contributed by atoms with van der Waals surface area (Å²) in [6, 6.07) is 57.4. The van der Waals surface area contributed by atoms with E-state index in [-0.39, 0.29) is 0 Å². The van der Waals surface area contributed by atoms with Crippen molar-refractivity contribution >= 4 is 65.2 Å². The molecule has 11 aromatic rings. The SMILES string of the molecule is c1ccc(-n2c3ccc(-c4ccc5c(c4)c4ccccc4n5-c4cc5cccc6c5c(n4)-c4ccncc4-6)cc3c3cc4ccccc4cc32)cc1. The van der Waals surface area contributed by atoms with Crippen molar-refractivity contribution in [3.8, 4) is 45.0 Å². The van der Waals surface area contributed by atoms with E-state index >= 15 is 0 Å². The van der Waals surface area contributed by atoms with E-state index in [9.17, 15) is 0 Å². The maximum atomic E-state index is 5.38. The van der Waals surface area contributed by atoms with Gasteiger partial charge in [-0.3, -0.25) is 9.55 Å². The average Bonchev–Trinajstić information content (AvgIpc) is 3.83. The molecule has 0 N–H and O–H groups in total. The number of rotatable bonds is 3. The molecule has 1 aliphatic rings. The molecular weight excluding hydrogens is 633 g/mol. The van der Waals surface area contributed by atoms with Crippen molar-refractivity contribution in [3.63, 3.8) is 0 Å². The van der Waals surface area contributed by atoms with Gasteiger partial charge in [-0.1, -0.05) is 91.0 Å². The Hall–Kier alpha value is -7.04. The second-order valence-electron chi connectivity index (χ2n) is 13.9. The van der Waals surface area contributed by atoms with Crippen molar-refractivity contribution in [2.75, 3.05) is 0 Å². The molecule has 0 radical (unpaired) electrons. The molecule has 4 nitrogen and oxygen atoms in total. The fraction of sp³-hybridized carbons (Fsp3) is 0. The number of benzene rings is 7. The molecule has 0 amide bonds. The van der Waals surface area contributed by atoms with E-state index in [1.807, 2.05) is 12.4 Å². The lowest BCUT2D eigenvalue weighted by molar-refractivity contribution is 1.09. The zero-order valence-electron chi connectivity index (χ0n) is 28.0. The highest BCUT2D eigenvalue weighted by atomic mass is 15.1. The minimum absolute atomic E-state index is 0.922. The summed E-state index contributed by atoms with van der Waals surface area (Å²) < 4.78 is 4.73. The molecular formula is C48H28N4. The maximum absolute atomic E-state index is 5.38. The number of pyridine rings is 2. The number of aromatic nitrogens is 4. The van der Waals surface area contributed by atoms with Crippen LogP contribution in [0.25, 0.3) is 110 Å². The van der Waals surface area contributed by atoms with Gasteiger partial charge in [-0.05, 0) is 99.6 Å². The first-order valence-electron chi connectivity index (χ1n) is 17.7. The highest BCUT2D eigenvalue weighted by molar-refractivity contribution is 6.17. The van der Waals surface area contributed by atoms with Crippen molar-refractivity contribution in [2.24, 2.45) is 0 Å². The van der Waals surface area contributed by atoms with Crippen LogP contribution in [0.5, 0.6) is 0 Å². The lowest BCUT2D eigenvalue weighted by Gasteiger charge is -2.11. The molecule has 12 rings (SSSR count). The Morgan fingerprint density at radius 2 is 1.08 bits per heavy atom. The Morgan fingerprint density at radius 1 is 0.404 bits per heavy atom. The van der Waals surface area contributed by atoms with Crippen LogP contribution >= 0.6 is 0 Å². The Bertz CT molecular complexity index is 3290. The van der Waals surface area contributed by atoms with Crippen LogP contribution in [-0.4, -0.2) is 19.1 Å². The molecule has 7 aromatic carbocycles. The van der Waals surface area contributed by atoms with Gasteiger partial charge in [0.2, 0.25) is 0 Å². The van der Waals surface area contributed by atoms with Gasteiger partial charge in [-0.15, -0.1) is 0 Å². The molecule has 240 valence electrons. The van der Waals surface area contributed by atoms with Gasteiger partial charge in [0.05, 0.1) is 27.8 Å². The minimum atomic E-state index is 0.922. The molecule has 4 heterocycles. The summed E-state index contributed by atoms with van der Waals surface area (Å²) in [7, 11) is 0. The number of fused-ring (bicyclic) bond motifs is 10. The molecule has 4 aromatic heterocycles. The summed E-state index contributed by atoms with van der Waals surface area (Å²) in [5, 5.41) is 9.81. The molecule has 4 heteroatoms. The zero-order valence-corrected chi connectivity index (χ0v) is 28.0. The Morgan fingerprint density at radius 3 is 1.92 bits per heavy atom. The van der Waals surface area contributed by atoms with Gasteiger partial charge in [-0.2, -0.15) is 0 Å². The molecule has 0 saturated carbocycles. The number of nitrogens with zero attached hydrogens (tertiary/aromatic N) is 4. The quantitative estimate of drug-likeness (QED) is 0.189. The fourth-order valence-corrected chi connectivity index (χ4v) is 8.79. The first-order chi connectivity index (χ1) is 25.8. The van der Waals surface area contributed by atoms with Crippen LogP contribution in [0.3, 0.4) is 0 Å². The summed E-state index contributed by atoms with van der Waals surface area (Å²) in [6.07, 6.45) is 3.83. The summed E-state index contributed by atoms with van der Waals surface area (Å²) in [5.41, 5.74) is 12.8. The monoisotopic (exact) mass is 660 g/mol. The lowest BCUT2D eigenvalue weighted by atomic mass is 10.00. The second-order valence-corrected chi connectivity index (χ2v) is 13.9. The standard InChI is InChI=1S/C48H28N4/c1-2-12-34(13-3-1)51-43-19-17-32(25-39(43)40-23-29-9-4-5-10-30(29)26-45(40)51)31-18-20-44-38(24-31)35-14-6-7-16-42(35)52(44)46-27-33-11-8-15-36-41-28-49-22-21-37(41)48(50-46)47(33)36/h1-28H. The Kier molecular flexibility index (Phi) is 5.47. The van der Waals surface area contributed by atoms with E-state index in [0.717, 1.165) is 39.4 Å². The number of hydrogen-bond donors (Lipinski definition) is 0. The Balaban J connectivity index is 1.08. The lowest BCUT2D eigenvalue weighted by Crippen LogP contribution is -1.99. The first kappa shape index (κ1) is 27.7. The molecule has 0 unspecified atom stereocenters. The molecule has 0 saturated heterocycles. The van der Waals surface area contributed by atoms with Crippen molar-refractivity contribution in [1.82, 2.24) is 19.1 Å². The van der Waals surface area contributed by atoms with E-state index in [4.69, 9.17) is 4.98 Å². The van der Waals surface area contributed by atoms with Gasteiger partial charge in [-0.25, -0.2) is 4.98 Å². The van der Waals surface area contributed by atoms with Gasteiger partial charge < -0.3 is 4.57 Å². The third kappa shape index (κ3) is 3.75. The molecule has 0 bridgehead atoms. The third-order valence-electron chi connectivity index (χ3n) is 11.1. The smallest absolute Gasteiger partial charge is 0.138 e. The summed E-state index contributed by atoms with van der Waals surface area (Å²) >= 11 is 0. The number of para-hydroxylation sites is 2. The molecule has 0 spiro atoms. The highest BCUT2D eigenvalue weighted by Gasteiger charge is 2.25. The van der Waals surface area contributed by atoms with Crippen molar-refractivity contribution in [3.05, 3.63) is 170 Å². The second kappa shape index (κ2) is 10.3. The van der Waals surface area contributed by atoms with E-state index in [1.54, 1.807) is 0 Å². The summed E-state index contributed by atoms with van der Waals surface area (Å²) in [5.74, 6) is 0.922. The van der Waals surface area contributed by atoms with Crippen LogP contribution in [0, 0.1) is 0 Å². The van der Waals surface area contributed by atoms with Crippen LogP contribution in [0.2, 0.25) is 0 Å². The first-order valence-corrected chi connectivity index (χ1v) is 17.7. The maximum Gasteiger partial charge on any atom is 0.138 e. The predicted octanol–water partition coefficient (Wildman–Crippen LogP) is 12.3. The van der Waals surface area contributed by atoms with Crippen LogP contribution in [0.15, 0.2) is 170 Å². The van der Waals surface area contributed by atoms with Gasteiger partial charge in [0.15, 0.2) is 0 Å². The fourth-order valence-electron chi connectivity index (χ4n) is 8.79. The topological polar surface area (TPSA) is 35.6 Å². The molecule has 52 heavy (non-hydrogen) atoms. The zero-order chi connectivity index (χ0) is 33.9. The molecule has 0 fully saturated rings.